The SMILES string of the molecule is Cc1cc(NCCCCCCNc2cc(C)[n+](C)c3ccccc23)c2ccccc2[n+]1C.[I-]. The summed E-state index contributed by atoms with van der Waals surface area (Å²) in [5.74, 6) is 0. The molecule has 0 fully saturated rings. The van der Waals surface area contributed by atoms with Gasteiger partial charge in [-0.05, 0) is 25.0 Å². The van der Waals surface area contributed by atoms with E-state index in [0.29, 0.717) is 0 Å². The predicted molar refractivity (Wildman–Crippen MR) is 135 cm³/mol. The molecule has 2 N–H and O–H groups in total. The molecule has 0 saturated heterocycles. The summed E-state index contributed by atoms with van der Waals surface area (Å²) in [5.41, 5.74) is 7.59. The van der Waals surface area contributed by atoms with Crippen LogP contribution in [0.5, 0.6) is 0 Å². The lowest BCUT2D eigenvalue weighted by Gasteiger charge is -2.11. The van der Waals surface area contributed by atoms with Gasteiger partial charge in [0.15, 0.2) is 11.4 Å². The van der Waals surface area contributed by atoms with Crippen molar-refractivity contribution in [2.75, 3.05) is 23.7 Å². The van der Waals surface area contributed by atoms with E-state index in [0.717, 1.165) is 13.1 Å². The number of nitrogens with one attached hydrogen (secondary N) is 2. The van der Waals surface area contributed by atoms with Crippen LogP contribution in [0.2, 0.25) is 0 Å². The Morgan fingerprint density at radius 2 is 1.00 bits per heavy atom. The number of nitrogens with zero attached hydrogens (tertiary/aromatic N) is 2. The van der Waals surface area contributed by atoms with E-state index >= 15 is 0 Å². The van der Waals surface area contributed by atoms with E-state index in [1.54, 1.807) is 0 Å². The highest BCUT2D eigenvalue weighted by molar-refractivity contribution is 5.90. The normalized spacial score (nSPS) is 10.9. The maximum atomic E-state index is 3.67. The molecule has 2 heterocycles. The van der Waals surface area contributed by atoms with Crippen LogP contribution in [-0.4, -0.2) is 13.1 Å². The number of para-hydroxylation sites is 2. The molecule has 2 aromatic carbocycles. The number of fused-ring (bicyclic) bond motifs is 2. The number of aryl methyl sites for hydroxylation is 4. The average Bonchev–Trinajstić information content (AvgIpc) is 2.81. The lowest BCUT2D eigenvalue weighted by Crippen LogP contribution is -3.00. The van der Waals surface area contributed by atoms with Crippen molar-refractivity contribution in [1.82, 2.24) is 0 Å². The highest BCUT2D eigenvalue weighted by Gasteiger charge is 2.13. The lowest BCUT2D eigenvalue weighted by atomic mass is 10.1. The van der Waals surface area contributed by atoms with E-state index in [2.05, 4.69) is 108 Å². The number of aromatic nitrogens is 2. The Balaban J connectivity index is 0.00000306. The summed E-state index contributed by atoms with van der Waals surface area (Å²) in [5, 5.41) is 9.94. The van der Waals surface area contributed by atoms with Crippen LogP contribution in [0.1, 0.15) is 37.1 Å². The smallest absolute Gasteiger partial charge is 0.214 e. The number of unbranched alkanes of at least 4 members (excludes halogenated alkanes) is 3. The number of pyridine rings is 2. The standard InChI is InChI=1S/C28H34N4.HI/c1-21-19-25(23-13-7-9-15-27(23)31(21)3)29-17-11-5-6-12-18-30-26-20-22(2)32(4)28-16-10-8-14-24(26)28;/h7-10,13-16,19-20H,5-6,11-12,17-18H2,1-4H3;1H/p+1. The maximum Gasteiger partial charge on any atom is 0.214 e. The van der Waals surface area contributed by atoms with E-state index < -0.39 is 0 Å². The molecule has 5 heteroatoms. The third-order valence-corrected chi connectivity index (χ3v) is 6.61. The van der Waals surface area contributed by atoms with Crippen molar-refractivity contribution in [3.8, 4) is 0 Å². The van der Waals surface area contributed by atoms with Gasteiger partial charge in [0.25, 0.3) is 0 Å². The van der Waals surface area contributed by atoms with Crippen LogP contribution in [0, 0.1) is 13.8 Å². The van der Waals surface area contributed by atoms with Crippen molar-refractivity contribution in [2.45, 2.75) is 39.5 Å². The number of rotatable bonds is 9. The highest BCUT2D eigenvalue weighted by atomic mass is 127. The van der Waals surface area contributed by atoms with Crippen LogP contribution in [0.3, 0.4) is 0 Å². The van der Waals surface area contributed by atoms with Gasteiger partial charge >= 0.3 is 0 Å². The second kappa shape index (κ2) is 11.6. The van der Waals surface area contributed by atoms with Gasteiger partial charge < -0.3 is 34.6 Å². The Labute approximate surface area is 215 Å². The molecule has 4 aromatic rings. The van der Waals surface area contributed by atoms with Crippen molar-refractivity contribution in [3.05, 3.63) is 72.1 Å². The van der Waals surface area contributed by atoms with Gasteiger partial charge in [-0.25, -0.2) is 0 Å². The van der Waals surface area contributed by atoms with Crippen LogP contribution in [0.4, 0.5) is 11.4 Å². The molecule has 33 heavy (non-hydrogen) atoms. The van der Waals surface area contributed by atoms with Crippen molar-refractivity contribution in [3.63, 3.8) is 0 Å². The number of benzene rings is 2. The van der Waals surface area contributed by atoms with Crippen molar-refractivity contribution in [1.29, 1.82) is 0 Å². The fourth-order valence-corrected chi connectivity index (χ4v) is 4.48. The van der Waals surface area contributed by atoms with Crippen molar-refractivity contribution < 1.29 is 33.1 Å². The van der Waals surface area contributed by atoms with Gasteiger partial charge in [0.2, 0.25) is 11.0 Å². The number of hydrogen-bond acceptors (Lipinski definition) is 2. The van der Waals surface area contributed by atoms with Gasteiger partial charge in [0.1, 0.15) is 14.1 Å². The zero-order valence-electron chi connectivity index (χ0n) is 20.3. The molecule has 2 aromatic heterocycles. The van der Waals surface area contributed by atoms with Crippen molar-refractivity contribution >= 4 is 33.2 Å². The van der Waals surface area contributed by atoms with E-state index in [1.165, 1.54) is 70.3 Å². The molecular formula is C28H36IN4+. The molecule has 0 amide bonds. The minimum absolute atomic E-state index is 0. The molecule has 4 nitrogen and oxygen atoms in total. The average molecular weight is 556 g/mol. The van der Waals surface area contributed by atoms with Crippen molar-refractivity contribution in [2.24, 2.45) is 14.1 Å². The second-order valence-electron chi connectivity index (χ2n) is 8.82. The number of anilines is 2. The monoisotopic (exact) mass is 555 g/mol. The van der Waals surface area contributed by atoms with Crippen LogP contribution in [0.15, 0.2) is 60.7 Å². The summed E-state index contributed by atoms with van der Waals surface area (Å²) < 4.78 is 4.51. The Bertz CT molecular complexity index is 1140. The summed E-state index contributed by atoms with van der Waals surface area (Å²) in [6.45, 7) is 6.37. The van der Waals surface area contributed by atoms with Crippen LogP contribution in [-0.2, 0) is 14.1 Å². The molecule has 0 bridgehead atoms. The topological polar surface area (TPSA) is 31.8 Å². The van der Waals surface area contributed by atoms with Gasteiger partial charge in [0.05, 0.1) is 22.1 Å². The maximum absolute atomic E-state index is 3.67. The first-order valence-corrected chi connectivity index (χ1v) is 11.8. The first-order valence-electron chi connectivity index (χ1n) is 11.8. The van der Waals surface area contributed by atoms with Gasteiger partial charge in [0, 0.05) is 51.2 Å². The largest absolute Gasteiger partial charge is 1.00 e. The molecule has 0 saturated carbocycles. The molecule has 0 unspecified atom stereocenters. The van der Waals surface area contributed by atoms with E-state index in [1.807, 2.05) is 0 Å². The quantitative estimate of drug-likeness (QED) is 0.189. The summed E-state index contributed by atoms with van der Waals surface area (Å²) in [4.78, 5) is 0. The third kappa shape index (κ3) is 5.75. The number of halogens is 1. The molecule has 0 aliphatic heterocycles. The predicted octanol–water partition coefficient (Wildman–Crippen LogP) is 2.35. The lowest BCUT2D eigenvalue weighted by molar-refractivity contribution is -0.651. The zero-order valence-corrected chi connectivity index (χ0v) is 22.4. The zero-order chi connectivity index (χ0) is 22.5. The van der Waals surface area contributed by atoms with Gasteiger partial charge in [-0.3, -0.25) is 0 Å². The minimum Gasteiger partial charge on any atom is -1.00 e. The third-order valence-electron chi connectivity index (χ3n) is 6.61. The summed E-state index contributed by atoms with van der Waals surface area (Å²) >= 11 is 0. The van der Waals surface area contributed by atoms with Crippen LogP contribution in [0.25, 0.3) is 21.8 Å². The highest BCUT2D eigenvalue weighted by Crippen LogP contribution is 2.23. The minimum atomic E-state index is 0. The fraction of sp³-hybridized carbons (Fsp3) is 0.357. The summed E-state index contributed by atoms with van der Waals surface area (Å²) in [6.07, 6.45) is 4.88. The Hall–Kier alpha value is -2.41. The Morgan fingerprint density at radius 3 is 1.42 bits per heavy atom. The van der Waals surface area contributed by atoms with E-state index in [4.69, 9.17) is 0 Å². The molecule has 0 radical (unpaired) electrons. The molecule has 174 valence electrons. The molecule has 0 aliphatic rings. The second-order valence-corrected chi connectivity index (χ2v) is 8.82. The van der Waals surface area contributed by atoms with E-state index in [-0.39, 0.29) is 24.0 Å². The molecule has 0 atom stereocenters. The Morgan fingerprint density at radius 1 is 0.606 bits per heavy atom. The molecule has 4 rings (SSSR count). The van der Waals surface area contributed by atoms with Gasteiger partial charge in [-0.15, -0.1) is 0 Å². The first-order chi connectivity index (χ1) is 15.6. The van der Waals surface area contributed by atoms with Gasteiger partial charge in [-0.1, -0.05) is 37.1 Å². The molecule has 0 aliphatic carbocycles. The first kappa shape index (κ1) is 25.2. The summed E-state index contributed by atoms with van der Waals surface area (Å²) in [6, 6.07) is 21.8. The van der Waals surface area contributed by atoms with Crippen LogP contribution >= 0.6 is 0 Å². The molecular weight excluding hydrogens is 519 g/mol. The van der Waals surface area contributed by atoms with E-state index in [9.17, 15) is 0 Å². The van der Waals surface area contributed by atoms with Gasteiger partial charge in [-0.2, -0.15) is 9.13 Å². The molecule has 0 spiro atoms. The fourth-order valence-electron chi connectivity index (χ4n) is 4.48. The Kier molecular flexibility index (Phi) is 8.89. The summed E-state index contributed by atoms with van der Waals surface area (Å²) in [7, 11) is 4.27. The number of hydrogen-bond donors (Lipinski definition) is 2. The van der Waals surface area contributed by atoms with Crippen LogP contribution < -0.4 is 43.7 Å².